The van der Waals surface area contributed by atoms with Crippen molar-refractivity contribution in [3.05, 3.63) is 53.6 Å². The van der Waals surface area contributed by atoms with Crippen molar-refractivity contribution in [2.24, 2.45) is 0 Å². The van der Waals surface area contributed by atoms with Crippen LogP contribution in [0, 0.1) is 6.92 Å². The number of aryl methyl sites for hydroxylation is 1. The van der Waals surface area contributed by atoms with Gasteiger partial charge in [-0.25, -0.2) is 0 Å². The van der Waals surface area contributed by atoms with Crippen LogP contribution in [0.4, 0.5) is 0 Å². The zero-order valence-electron chi connectivity index (χ0n) is 13.4. The van der Waals surface area contributed by atoms with Gasteiger partial charge in [0.25, 0.3) is 0 Å². The predicted molar refractivity (Wildman–Crippen MR) is 91.5 cm³/mol. The van der Waals surface area contributed by atoms with Gasteiger partial charge in [-0.3, -0.25) is 4.79 Å². The van der Waals surface area contributed by atoms with Crippen molar-refractivity contribution in [2.45, 2.75) is 12.1 Å². The number of hydrogen-bond acceptors (Lipinski definition) is 7. The van der Waals surface area contributed by atoms with Crippen molar-refractivity contribution in [1.29, 1.82) is 0 Å². The van der Waals surface area contributed by atoms with Crippen LogP contribution in [0.5, 0.6) is 11.5 Å². The summed E-state index contributed by atoms with van der Waals surface area (Å²) in [7, 11) is 0. The average Bonchev–Trinajstić information content (AvgIpc) is 3.28. The molecule has 7 nitrogen and oxygen atoms in total. The molecular formula is C17H14N4O3S. The molecule has 1 aliphatic rings. The summed E-state index contributed by atoms with van der Waals surface area (Å²) in [5.74, 6) is 1.46. The summed E-state index contributed by atoms with van der Waals surface area (Å²) in [6.07, 6.45) is 0. The first-order chi connectivity index (χ1) is 12.2. The minimum absolute atomic E-state index is 0.0253. The summed E-state index contributed by atoms with van der Waals surface area (Å²) in [6.45, 7) is 2.18. The molecule has 1 aromatic heterocycles. The lowest BCUT2D eigenvalue weighted by molar-refractivity contribution is 0.102. The number of aromatic nitrogens is 4. The minimum atomic E-state index is -0.0253. The van der Waals surface area contributed by atoms with Gasteiger partial charge in [-0.1, -0.05) is 30.0 Å². The maximum Gasteiger partial charge on any atom is 0.231 e. The lowest BCUT2D eigenvalue weighted by Gasteiger charge is -2.07. The molecule has 0 radical (unpaired) electrons. The number of benzene rings is 2. The number of para-hydroxylation sites is 1. The van der Waals surface area contributed by atoms with E-state index in [1.165, 1.54) is 11.8 Å². The van der Waals surface area contributed by atoms with Crippen molar-refractivity contribution in [3.8, 4) is 17.2 Å². The molecule has 1 aliphatic heterocycles. The lowest BCUT2D eigenvalue weighted by Crippen LogP contribution is -2.05. The molecule has 126 valence electrons. The van der Waals surface area contributed by atoms with E-state index < -0.39 is 0 Å². The van der Waals surface area contributed by atoms with Crippen molar-refractivity contribution in [3.63, 3.8) is 0 Å². The predicted octanol–water partition coefficient (Wildman–Crippen LogP) is 2.67. The summed E-state index contributed by atoms with van der Waals surface area (Å²) < 4.78 is 12.2. The normalized spacial score (nSPS) is 12.4. The Labute approximate surface area is 147 Å². The van der Waals surface area contributed by atoms with Crippen LogP contribution in [-0.4, -0.2) is 38.5 Å². The van der Waals surface area contributed by atoms with E-state index in [9.17, 15) is 4.79 Å². The number of thioether (sulfide) groups is 1. The van der Waals surface area contributed by atoms with Crippen LogP contribution in [-0.2, 0) is 0 Å². The Morgan fingerprint density at radius 2 is 2.04 bits per heavy atom. The number of nitrogens with zero attached hydrogens (tertiary/aromatic N) is 4. The fourth-order valence-electron chi connectivity index (χ4n) is 2.50. The lowest BCUT2D eigenvalue weighted by atomic mass is 10.1. The quantitative estimate of drug-likeness (QED) is 0.515. The third kappa shape index (κ3) is 3.08. The number of Topliss-reactive ketones (excluding diaryl/α,β-unsaturated/α-hetero) is 1. The molecule has 2 aromatic carbocycles. The van der Waals surface area contributed by atoms with Crippen LogP contribution in [0.25, 0.3) is 5.69 Å². The number of fused-ring (bicyclic) bond motifs is 1. The first-order valence-electron chi connectivity index (χ1n) is 7.62. The fourth-order valence-corrected chi connectivity index (χ4v) is 3.28. The van der Waals surface area contributed by atoms with Gasteiger partial charge in [0.15, 0.2) is 17.3 Å². The van der Waals surface area contributed by atoms with Gasteiger partial charge in [0.1, 0.15) is 0 Å². The second-order valence-corrected chi connectivity index (χ2v) is 6.38. The summed E-state index contributed by atoms with van der Waals surface area (Å²) in [5.41, 5.74) is 2.52. The first kappa shape index (κ1) is 15.6. The third-order valence-electron chi connectivity index (χ3n) is 3.81. The topological polar surface area (TPSA) is 79.1 Å². The number of hydrogen-bond donors (Lipinski definition) is 0. The highest BCUT2D eigenvalue weighted by Gasteiger charge is 2.18. The van der Waals surface area contributed by atoms with Crippen molar-refractivity contribution in [1.82, 2.24) is 20.2 Å². The standard InChI is InChI=1S/C17H14N4O3S/c1-11-4-2-3-5-13(11)21-17(18-19-20-21)25-9-14(22)12-6-7-15-16(8-12)24-10-23-15/h2-8H,9-10H2,1H3. The maximum absolute atomic E-state index is 12.5. The largest absolute Gasteiger partial charge is 0.454 e. The second-order valence-electron chi connectivity index (χ2n) is 5.44. The van der Waals surface area contributed by atoms with Crippen molar-refractivity contribution in [2.75, 3.05) is 12.5 Å². The monoisotopic (exact) mass is 354 g/mol. The van der Waals surface area contributed by atoms with E-state index in [4.69, 9.17) is 9.47 Å². The average molecular weight is 354 g/mol. The van der Waals surface area contributed by atoms with Crippen LogP contribution in [0.15, 0.2) is 47.6 Å². The van der Waals surface area contributed by atoms with E-state index in [2.05, 4.69) is 15.5 Å². The van der Waals surface area contributed by atoms with Crippen molar-refractivity contribution < 1.29 is 14.3 Å². The molecule has 8 heteroatoms. The number of carbonyl (C=O) groups excluding carboxylic acids is 1. The smallest absolute Gasteiger partial charge is 0.231 e. The molecule has 0 spiro atoms. The van der Waals surface area contributed by atoms with E-state index in [0.717, 1.165) is 11.3 Å². The Morgan fingerprint density at radius 1 is 1.20 bits per heavy atom. The van der Waals surface area contributed by atoms with Crippen LogP contribution >= 0.6 is 11.8 Å². The molecular weight excluding hydrogens is 340 g/mol. The number of rotatable bonds is 5. The van der Waals surface area contributed by atoms with Crippen LogP contribution in [0.3, 0.4) is 0 Å². The number of tetrazole rings is 1. The Balaban J connectivity index is 1.50. The van der Waals surface area contributed by atoms with E-state index in [0.29, 0.717) is 22.2 Å². The second kappa shape index (κ2) is 6.56. The SMILES string of the molecule is Cc1ccccc1-n1nnnc1SCC(=O)c1ccc2c(c1)OCO2. The van der Waals surface area contributed by atoms with Gasteiger partial charge in [-0.15, -0.1) is 5.10 Å². The Morgan fingerprint density at radius 3 is 2.92 bits per heavy atom. The number of carbonyl (C=O) groups is 1. The Kier molecular flexibility index (Phi) is 4.10. The molecule has 4 rings (SSSR count). The molecule has 2 heterocycles. The van der Waals surface area contributed by atoms with E-state index in [1.807, 2.05) is 31.2 Å². The molecule has 0 N–H and O–H groups in total. The number of ketones is 1. The zero-order chi connectivity index (χ0) is 17.2. The molecule has 0 atom stereocenters. The molecule has 0 bridgehead atoms. The van der Waals surface area contributed by atoms with Crippen LogP contribution in [0.1, 0.15) is 15.9 Å². The van der Waals surface area contributed by atoms with Gasteiger partial charge in [0.05, 0.1) is 11.4 Å². The van der Waals surface area contributed by atoms with Crippen LogP contribution < -0.4 is 9.47 Å². The third-order valence-corrected chi connectivity index (χ3v) is 4.73. The molecule has 0 fully saturated rings. The van der Waals surface area contributed by atoms with Crippen molar-refractivity contribution >= 4 is 17.5 Å². The van der Waals surface area contributed by atoms with Gasteiger partial charge in [0.2, 0.25) is 11.9 Å². The highest BCUT2D eigenvalue weighted by Crippen LogP contribution is 2.33. The fraction of sp³-hybridized carbons (Fsp3) is 0.176. The highest BCUT2D eigenvalue weighted by molar-refractivity contribution is 7.99. The van der Waals surface area contributed by atoms with Crippen LogP contribution in [0.2, 0.25) is 0 Å². The molecule has 0 saturated heterocycles. The van der Waals surface area contributed by atoms with E-state index in [-0.39, 0.29) is 18.3 Å². The van der Waals surface area contributed by atoms with E-state index in [1.54, 1.807) is 22.9 Å². The highest BCUT2D eigenvalue weighted by atomic mass is 32.2. The number of ether oxygens (including phenoxy) is 2. The zero-order valence-corrected chi connectivity index (χ0v) is 14.2. The molecule has 0 amide bonds. The Hall–Kier alpha value is -2.87. The summed E-state index contributed by atoms with van der Waals surface area (Å²) in [5, 5.41) is 12.4. The molecule has 0 aliphatic carbocycles. The van der Waals surface area contributed by atoms with Gasteiger partial charge < -0.3 is 9.47 Å². The van der Waals surface area contributed by atoms with Gasteiger partial charge in [-0.05, 0) is 47.2 Å². The summed E-state index contributed by atoms with van der Waals surface area (Å²) in [4.78, 5) is 12.5. The molecule has 3 aromatic rings. The Bertz CT molecular complexity index is 941. The minimum Gasteiger partial charge on any atom is -0.454 e. The van der Waals surface area contributed by atoms with Gasteiger partial charge in [0, 0.05) is 5.56 Å². The molecule has 0 unspecified atom stereocenters. The molecule has 25 heavy (non-hydrogen) atoms. The molecule has 0 saturated carbocycles. The maximum atomic E-state index is 12.5. The van der Waals surface area contributed by atoms with Gasteiger partial charge >= 0.3 is 0 Å². The van der Waals surface area contributed by atoms with Gasteiger partial charge in [-0.2, -0.15) is 4.68 Å². The summed E-state index contributed by atoms with van der Waals surface area (Å²) in [6, 6.07) is 13.0. The first-order valence-corrected chi connectivity index (χ1v) is 8.61. The van der Waals surface area contributed by atoms with E-state index >= 15 is 0 Å². The summed E-state index contributed by atoms with van der Waals surface area (Å²) >= 11 is 1.30.